The second kappa shape index (κ2) is 32.0. The van der Waals surface area contributed by atoms with Crippen LogP contribution in [0.3, 0.4) is 0 Å². The van der Waals surface area contributed by atoms with Crippen molar-refractivity contribution in [1.29, 1.82) is 0 Å². The van der Waals surface area contributed by atoms with Crippen LogP contribution in [0.1, 0.15) is 49.9 Å². The van der Waals surface area contributed by atoms with Gasteiger partial charge < -0.3 is 25.2 Å². The van der Waals surface area contributed by atoms with E-state index in [0.29, 0.717) is 0 Å². The van der Waals surface area contributed by atoms with Gasteiger partial charge in [0.05, 0.1) is 0 Å². The monoisotopic (exact) mass is 1120 g/mol. The maximum Gasteiger partial charge on any atom is 4.00 e. The van der Waals surface area contributed by atoms with Crippen LogP contribution in [0.5, 0.6) is 0 Å². The first-order chi connectivity index (χ1) is 34.2. The molecule has 12 aromatic carbocycles. The van der Waals surface area contributed by atoms with Crippen molar-refractivity contribution in [3.05, 3.63) is 253 Å². The van der Waals surface area contributed by atoms with Gasteiger partial charge in [-0.1, -0.05) is 148 Å². The van der Waals surface area contributed by atoms with Crippen LogP contribution in [-0.2, 0) is 52.4 Å². The first-order valence-corrected chi connectivity index (χ1v) is 25.7. The maximum absolute atomic E-state index is 4.53. The van der Waals surface area contributed by atoms with E-state index in [1.54, 1.807) is 0 Å². The summed E-state index contributed by atoms with van der Waals surface area (Å²) in [7, 11) is 2.72. The molecule has 0 heterocycles. The predicted octanol–water partition coefficient (Wildman–Crippen LogP) is 17.4. The molecule has 0 N–H and O–H groups in total. The van der Waals surface area contributed by atoms with Crippen molar-refractivity contribution >= 4 is 96.7 Å². The van der Waals surface area contributed by atoms with Crippen LogP contribution in [0.2, 0.25) is 0 Å². The normalized spacial score (nSPS) is 9.78. The van der Waals surface area contributed by atoms with Crippen molar-refractivity contribution in [3.8, 4) is 22.3 Å². The van der Waals surface area contributed by atoms with Gasteiger partial charge in [-0.3, -0.25) is 0 Å². The van der Waals surface area contributed by atoms with Crippen LogP contribution in [0.15, 0.2) is 218 Å². The zero-order valence-corrected chi connectivity index (χ0v) is 51.3. The topological polar surface area (TPSA) is 0 Å². The molecule has 72 heavy (non-hydrogen) atoms. The molecule has 356 valence electrons. The van der Waals surface area contributed by atoms with E-state index < -0.39 is 0 Å². The van der Waals surface area contributed by atoms with Crippen LogP contribution >= 0.6 is 0 Å². The maximum atomic E-state index is 4.53. The molecule has 0 amide bonds. The van der Waals surface area contributed by atoms with E-state index in [0.717, 1.165) is 0 Å². The summed E-state index contributed by atoms with van der Waals surface area (Å²) in [6.07, 6.45) is 13.1. The minimum atomic E-state index is 0. The molecule has 0 atom stereocenters. The average Bonchev–Trinajstić information content (AvgIpc) is 4.18. The van der Waals surface area contributed by atoms with E-state index in [-0.39, 0.29) is 52.4 Å². The number of aryl methyl sites for hydroxylation is 4. The number of hydrogen-bond donors (Lipinski definition) is 0. The number of rotatable bonds is 2. The van der Waals surface area contributed by atoms with E-state index in [9.17, 15) is 0 Å². The molecule has 0 saturated carbocycles. The Morgan fingerprint density at radius 3 is 0.875 bits per heavy atom. The molecule has 12 rings (SSSR count). The zero-order valence-electron chi connectivity index (χ0n) is 43.5. The van der Waals surface area contributed by atoms with Crippen molar-refractivity contribution in [1.82, 2.24) is 0 Å². The Kier molecular flexibility index (Phi) is 27.1. The van der Waals surface area contributed by atoms with Gasteiger partial charge in [0.15, 0.2) is 0 Å². The van der Waals surface area contributed by atoms with Crippen molar-refractivity contribution in [2.45, 2.75) is 55.4 Å². The molecule has 0 fully saturated rings. The van der Waals surface area contributed by atoms with E-state index >= 15 is 0 Å². The van der Waals surface area contributed by atoms with Crippen molar-refractivity contribution < 1.29 is 52.4 Å². The summed E-state index contributed by atoms with van der Waals surface area (Å²) < 4.78 is 0. The number of benzene rings is 8. The Hall–Kier alpha value is -5.34. The summed E-state index contributed by atoms with van der Waals surface area (Å²) in [6.45, 7) is 16.6. The summed E-state index contributed by atoms with van der Waals surface area (Å²) in [6, 6.07) is 78.2. The Bertz CT molecular complexity index is 3160. The molecule has 0 saturated heterocycles. The SMILES string of the molecule is C[CH-]C.C[CH-]C.Cc1cc2c(-c3cccc4ccccc34)cccc2[cH-]1.Cc1cc2c(-c3cccc4ccccc34)cccc2[cH-]1.Cc1cc2ccccc2[cH-]1.Cc1cc2ccccc2[cH-]1.[CH-]=[SiH2].[CH-]=[SiH2].[Zr+4].[Zr+4]. The standard InChI is InChI=1S/2C20H15.2C10H9.2C3H7.2CH3Si.2Zr/c2*1-14-12-16-8-5-11-19(20(16)13-14)18-10-4-7-15-6-2-3-9-17(15)18;2*1-8-6-9-4-2-3-5-10(9)7-8;2*1-3-2;2*1-2;;/h2*2-13H,1H3;2*2-7H,1H3;2*3H,1-2H3;2*1H,2H2;;/q8*-1;2*+4. The molecule has 0 spiro atoms. The first-order valence-electron chi connectivity index (χ1n) is 24.0. The van der Waals surface area contributed by atoms with Gasteiger partial charge in [-0.05, 0) is 32.7 Å². The van der Waals surface area contributed by atoms with Gasteiger partial charge in [0.1, 0.15) is 0 Å². The molecular formula is C68H68Si2Zr2. The Morgan fingerprint density at radius 1 is 0.292 bits per heavy atom. The van der Waals surface area contributed by atoms with Crippen LogP contribution in [0, 0.1) is 40.5 Å². The zero-order chi connectivity index (χ0) is 50.4. The third-order valence-electron chi connectivity index (χ3n) is 11.5. The first kappa shape index (κ1) is 61.0. The van der Waals surface area contributed by atoms with Gasteiger partial charge in [-0.2, -0.15) is 52.0 Å². The third-order valence-corrected chi connectivity index (χ3v) is 11.5. The van der Waals surface area contributed by atoms with Crippen molar-refractivity contribution in [2.75, 3.05) is 0 Å². The molecule has 0 bridgehead atoms. The van der Waals surface area contributed by atoms with Crippen molar-refractivity contribution in [2.24, 2.45) is 0 Å². The van der Waals surface area contributed by atoms with E-state index in [4.69, 9.17) is 0 Å². The molecule has 0 unspecified atom stereocenters. The summed E-state index contributed by atoms with van der Waals surface area (Å²) in [5.41, 5.74) is 10.6. The molecule has 0 aromatic heterocycles. The molecule has 0 radical (unpaired) electrons. The Labute approximate surface area is 476 Å². The second-order valence-corrected chi connectivity index (χ2v) is 17.2. The van der Waals surface area contributed by atoms with Gasteiger partial charge in [0.25, 0.3) is 0 Å². The van der Waals surface area contributed by atoms with Crippen molar-refractivity contribution in [3.63, 3.8) is 0 Å². The van der Waals surface area contributed by atoms with Crippen LogP contribution in [0.25, 0.3) is 86.9 Å². The van der Waals surface area contributed by atoms with Gasteiger partial charge in [0.2, 0.25) is 0 Å². The average molecular weight is 1120 g/mol. The Morgan fingerprint density at radius 2 is 0.528 bits per heavy atom. The fourth-order valence-corrected chi connectivity index (χ4v) is 8.77. The molecule has 4 heteroatoms. The smallest absolute Gasteiger partial charge is 0.533 e. The summed E-state index contributed by atoms with van der Waals surface area (Å²) in [5.74, 6) is 0. The fourth-order valence-electron chi connectivity index (χ4n) is 8.77. The van der Waals surface area contributed by atoms with E-state index in [1.807, 2.05) is 40.5 Å². The molecule has 0 nitrogen and oxygen atoms in total. The third kappa shape index (κ3) is 16.3. The Balaban J connectivity index is 0.000000245. The van der Waals surface area contributed by atoms with Gasteiger partial charge in [0, 0.05) is 0 Å². The summed E-state index contributed by atoms with van der Waals surface area (Å²) >= 11 is 0. The molecule has 0 aliphatic rings. The molecular weight excluding hydrogens is 1060 g/mol. The number of hydrogen-bond acceptors (Lipinski definition) is 0. The molecule has 0 aliphatic heterocycles. The second-order valence-electron chi connectivity index (χ2n) is 17.2. The predicted molar refractivity (Wildman–Crippen MR) is 324 cm³/mol. The number of fused-ring (bicyclic) bond motifs is 6. The van der Waals surface area contributed by atoms with Crippen LogP contribution in [-0.4, -0.2) is 32.1 Å². The van der Waals surface area contributed by atoms with Crippen LogP contribution < -0.4 is 0 Å². The largest absolute Gasteiger partial charge is 4.00 e. The van der Waals surface area contributed by atoms with E-state index in [1.165, 1.54) is 129 Å². The molecule has 12 aromatic rings. The minimum Gasteiger partial charge on any atom is -0.533 e. The summed E-state index contributed by atoms with van der Waals surface area (Å²) in [5, 5.41) is 16.0. The quantitative estimate of drug-likeness (QED) is 0.120. The van der Waals surface area contributed by atoms with E-state index in [2.05, 4.69) is 258 Å². The fraction of sp³-hybridized carbons (Fsp3) is 0.118. The van der Waals surface area contributed by atoms with Gasteiger partial charge >= 0.3 is 52.4 Å². The summed E-state index contributed by atoms with van der Waals surface area (Å²) in [4.78, 5) is 0. The van der Waals surface area contributed by atoms with Crippen LogP contribution in [0.4, 0.5) is 0 Å². The molecule has 0 aliphatic carbocycles. The van der Waals surface area contributed by atoms with Gasteiger partial charge in [-0.15, -0.1) is 150 Å². The van der Waals surface area contributed by atoms with Gasteiger partial charge in [-0.25, -0.2) is 19.7 Å². The minimum absolute atomic E-state index is 0.